The van der Waals surface area contributed by atoms with Crippen LogP contribution in [0, 0.1) is 0 Å². The molecule has 1 rings (SSSR count). The van der Waals surface area contributed by atoms with Gasteiger partial charge >= 0.3 is 5.97 Å². The molecule has 0 heterocycles. The maximum absolute atomic E-state index is 10.9. The number of hydrogen-bond donors (Lipinski definition) is 0. The number of carbonyl (C=O) groups excluding carboxylic acids is 1. The third-order valence-corrected chi connectivity index (χ3v) is 2.41. The molecule has 86 valence electrons. The van der Waals surface area contributed by atoms with Crippen LogP contribution in [-0.2, 0) is 16.0 Å². The molecule has 0 radical (unpaired) electrons. The van der Waals surface area contributed by atoms with Crippen molar-refractivity contribution in [1.82, 2.24) is 0 Å². The van der Waals surface area contributed by atoms with Crippen LogP contribution in [0.15, 0.2) is 30.3 Å². The normalized spacial score (nSPS) is 10.6. The molecule has 2 heteroatoms. The summed E-state index contributed by atoms with van der Waals surface area (Å²) in [6.45, 7) is 2.19. The van der Waals surface area contributed by atoms with Crippen LogP contribution < -0.4 is 0 Å². The number of carbonyl (C=O) groups is 1. The van der Waals surface area contributed by atoms with Gasteiger partial charge in [0.25, 0.3) is 0 Å². The molecule has 0 saturated heterocycles. The van der Waals surface area contributed by atoms with Gasteiger partial charge in [0, 0.05) is 6.08 Å². The molecule has 2 nitrogen and oxygen atoms in total. The van der Waals surface area contributed by atoms with Crippen molar-refractivity contribution in [3.8, 4) is 0 Å². The van der Waals surface area contributed by atoms with E-state index in [0.717, 1.165) is 12.0 Å². The molecule has 1 aromatic rings. The van der Waals surface area contributed by atoms with Gasteiger partial charge in [-0.3, -0.25) is 0 Å². The van der Waals surface area contributed by atoms with Gasteiger partial charge < -0.3 is 4.74 Å². The first kappa shape index (κ1) is 12.5. The zero-order valence-electron chi connectivity index (χ0n) is 9.90. The first-order chi connectivity index (χ1) is 7.76. The molecule has 0 aliphatic heterocycles. The van der Waals surface area contributed by atoms with Gasteiger partial charge in [0.15, 0.2) is 0 Å². The minimum Gasteiger partial charge on any atom is -0.466 e. The molecule has 0 unspecified atom stereocenters. The van der Waals surface area contributed by atoms with E-state index < -0.39 is 0 Å². The number of benzene rings is 1. The van der Waals surface area contributed by atoms with Crippen LogP contribution in [0.4, 0.5) is 0 Å². The van der Waals surface area contributed by atoms with E-state index in [1.807, 2.05) is 12.1 Å². The lowest BCUT2D eigenvalue weighted by atomic mass is 10.1. The fourth-order valence-corrected chi connectivity index (χ4v) is 1.41. The van der Waals surface area contributed by atoms with Crippen LogP contribution in [0.25, 0.3) is 6.08 Å². The molecule has 0 saturated carbocycles. The van der Waals surface area contributed by atoms with Crippen LogP contribution in [0.1, 0.15) is 30.9 Å². The summed E-state index contributed by atoms with van der Waals surface area (Å²) in [4.78, 5) is 10.9. The molecule has 0 spiro atoms. The number of hydrogen-bond acceptors (Lipinski definition) is 2. The summed E-state index contributed by atoms with van der Waals surface area (Å²) >= 11 is 0. The number of unbranched alkanes of at least 4 members (excludes halogenated alkanes) is 1. The standard InChI is InChI=1S/C14H18O2/c1-3-4-5-12-6-8-13(9-7-12)10-11-14(15)16-2/h6-11H,3-5H2,1-2H3/b11-10+. The Hall–Kier alpha value is -1.57. The molecule has 0 N–H and O–H groups in total. The molecule has 0 bridgehead atoms. The Morgan fingerprint density at radius 1 is 1.31 bits per heavy atom. The van der Waals surface area contributed by atoms with Gasteiger partial charge in [0.1, 0.15) is 0 Å². The quantitative estimate of drug-likeness (QED) is 0.560. The van der Waals surface area contributed by atoms with E-state index in [4.69, 9.17) is 0 Å². The highest BCUT2D eigenvalue weighted by Gasteiger charge is 1.94. The summed E-state index contributed by atoms with van der Waals surface area (Å²) in [6, 6.07) is 8.24. The smallest absolute Gasteiger partial charge is 0.330 e. The van der Waals surface area contributed by atoms with Gasteiger partial charge in [0.2, 0.25) is 0 Å². The van der Waals surface area contributed by atoms with Crippen LogP contribution in [0.3, 0.4) is 0 Å². The zero-order chi connectivity index (χ0) is 11.8. The van der Waals surface area contributed by atoms with E-state index in [0.29, 0.717) is 0 Å². The van der Waals surface area contributed by atoms with E-state index in [-0.39, 0.29) is 5.97 Å². The van der Waals surface area contributed by atoms with Crippen molar-refractivity contribution >= 4 is 12.0 Å². The number of ether oxygens (including phenoxy) is 1. The second kappa shape index (κ2) is 6.83. The SMILES string of the molecule is CCCCc1ccc(/C=C/C(=O)OC)cc1. The highest BCUT2D eigenvalue weighted by molar-refractivity contribution is 5.86. The van der Waals surface area contributed by atoms with Crippen molar-refractivity contribution in [3.05, 3.63) is 41.5 Å². The Bertz CT molecular complexity index is 350. The molecule has 0 fully saturated rings. The number of esters is 1. The first-order valence-corrected chi connectivity index (χ1v) is 5.61. The Morgan fingerprint density at radius 2 is 2.00 bits per heavy atom. The Kier molecular flexibility index (Phi) is 5.34. The lowest BCUT2D eigenvalue weighted by Crippen LogP contribution is -1.93. The number of methoxy groups -OCH3 is 1. The Morgan fingerprint density at radius 3 is 2.56 bits per heavy atom. The van der Waals surface area contributed by atoms with E-state index in [2.05, 4.69) is 23.8 Å². The van der Waals surface area contributed by atoms with Crippen LogP contribution >= 0.6 is 0 Å². The van der Waals surface area contributed by atoms with Gasteiger partial charge in [0.05, 0.1) is 7.11 Å². The van der Waals surface area contributed by atoms with Gasteiger partial charge in [-0.05, 0) is 30.0 Å². The maximum atomic E-state index is 10.9. The molecular formula is C14H18O2. The molecule has 1 aromatic carbocycles. The summed E-state index contributed by atoms with van der Waals surface area (Å²) in [6.07, 6.45) is 6.75. The second-order valence-corrected chi connectivity index (χ2v) is 3.70. The third kappa shape index (κ3) is 4.30. The van der Waals surface area contributed by atoms with Gasteiger partial charge in [-0.2, -0.15) is 0 Å². The summed E-state index contributed by atoms with van der Waals surface area (Å²) in [5.41, 5.74) is 2.36. The van der Waals surface area contributed by atoms with Crippen molar-refractivity contribution < 1.29 is 9.53 Å². The molecule has 0 aliphatic carbocycles. The minimum atomic E-state index is -0.324. The lowest BCUT2D eigenvalue weighted by Gasteiger charge is -2.00. The fraction of sp³-hybridized carbons (Fsp3) is 0.357. The van der Waals surface area contributed by atoms with Crippen molar-refractivity contribution in [2.24, 2.45) is 0 Å². The average Bonchev–Trinajstić information content (AvgIpc) is 2.34. The van der Waals surface area contributed by atoms with Crippen LogP contribution in [0.2, 0.25) is 0 Å². The number of aryl methyl sites for hydroxylation is 1. The maximum Gasteiger partial charge on any atom is 0.330 e. The minimum absolute atomic E-state index is 0.324. The third-order valence-electron chi connectivity index (χ3n) is 2.41. The average molecular weight is 218 g/mol. The Balaban J connectivity index is 2.57. The molecule has 16 heavy (non-hydrogen) atoms. The first-order valence-electron chi connectivity index (χ1n) is 5.61. The van der Waals surface area contributed by atoms with Gasteiger partial charge in [-0.15, -0.1) is 0 Å². The van der Waals surface area contributed by atoms with Gasteiger partial charge in [-0.1, -0.05) is 37.6 Å². The Labute approximate surface area is 96.9 Å². The summed E-state index contributed by atoms with van der Waals surface area (Å²) in [7, 11) is 1.38. The molecule has 0 aliphatic rings. The van der Waals surface area contributed by atoms with E-state index >= 15 is 0 Å². The topological polar surface area (TPSA) is 26.3 Å². The van der Waals surface area contributed by atoms with Crippen LogP contribution in [0.5, 0.6) is 0 Å². The summed E-state index contributed by atoms with van der Waals surface area (Å²) in [5, 5.41) is 0. The predicted molar refractivity (Wildman–Crippen MR) is 66.1 cm³/mol. The van der Waals surface area contributed by atoms with Crippen molar-refractivity contribution in [2.45, 2.75) is 26.2 Å². The van der Waals surface area contributed by atoms with Crippen LogP contribution in [-0.4, -0.2) is 13.1 Å². The van der Waals surface area contributed by atoms with E-state index in [1.54, 1.807) is 6.08 Å². The molecular weight excluding hydrogens is 200 g/mol. The van der Waals surface area contributed by atoms with Gasteiger partial charge in [-0.25, -0.2) is 4.79 Å². The van der Waals surface area contributed by atoms with E-state index in [9.17, 15) is 4.79 Å². The predicted octanol–water partition coefficient (Wildman–Crippen LogP) is 3.22. The molecule has 0 aromatic heterocycles. The summed E-state index contributed by atoms with van der Waals surface area (Å²) in [5.74, 6) is -0.324. The highest BCUT2D eigenvalue weighted by atomic mass is 16.5. The fourth-order valence-electron chi connectivity index (χ4n) is 1.41. The summed E-state index contributed by atoms with van der Waals surface area (Å²) < 4.78 is 4.52. The monoisotopic (exact) mass is 218 g/mol. The number of rotatable bonds is 5. The lowest BCUT2D eigenvalue weighted by molar-refractivity contribution is -0.134. The second-order valence-electron chi connectivity index (χ2n) is 3.70. The molecule has 0 atom stereocenters. The highest BCUT2D eigenvalue weighted by Crippen LogP contribution is 2.09. The molecule has 0 amide bonds. The van der Waals surface area contributed by atoms with E-state index in [1.165, 1.54) is 31.6 Å². The zero-order valence-corrected chi connectivity index (χ0v) is 9.90. The van der Waals surface area contributed by atoms with Crippen molar-refractivity contribution in [2.75, 3.05) is 7.11 Å². The van der Waals surface area contributed by atoms with Crippen molar-refractivity contribution in [3.63, 3.8) is 0 Å². The largest absolute Gasteiger partial charge is 0.466 e. The van der Waals surface area contributed by atoms with Crippen molar-refractivity contribution in [1.29, 1.82) is 0 Å².